The molecule has 0 aliphatic carbocycles. The van der Waals surface area contributed by atoms with Crippen molar-refractivity contribution in [3.8, 4) is 0 Å². The van der Waals surface area contributed by atoms with Crippen molar-refractivity contribution in [1.29, 1.82) is 0 Å². The first kappa shape index (κ1) is 18.2. The Morgan fingerprint density at radius 3 is 2.67 bits per heavy atom. The molecule has 0 radical (unpaired) electrons. The summed E-state index contributed by atoms with van der Waals surface area (Å²) in [6, 6.07) is -0.880. The second kappa shape index (κ2) is 7.99. The lowest BCUT2D eigenvalue weighted by Gasteiger charge is -2.41. The monoisotopic (exact) mass is 313 g/mol. The molecular formula is C12H24N2O7. The van der Waals surface area contributed by atoms with E-state index in [1.165, 1.54) is 0 Å². The van der Waals surface area contributed by atoms with Crippen molar-refractivity contribution in [3.63, 3.8) is 0 Å². The van der Waals surface area contributed by atoms with Crippen LogP contribution >= 0.6 is 0 Å². The molecule has 5 atom stereocenters. The van der Waals surface area contributed by atoms with E-state index in [9.17, 15) is 25.2 Å². The first-order valence-corrected chi connectivity index (χ1v) is 6.87. The Labute approximate surface area is 122 Å². The van der Waals surface area contributed by atoms with Crippen molar-refractivity contribution >= 4 is 5.97 Å². The lowest BCUT2D eigenvalue weighted by molar-refractivity contribution is -0.317. The Morgan fingerprint density at radius 1 is 1.38 bits per heavy atom. The first-order valence-electron chi connectivity index (χ1n) is 6.87. The number of carbonyl (C=O) groups is 1. The number of unbranched alkanes of at least 4 members (excludes halogenated alkanes) is 1. The van der Waals surface area contributed by atoms with Crippen molar-refractivity contribution in [2.24, 2.45) is 5.73 Å². The predicted molar refractivity (Wildman–Crippen MR) is 71.3 cm³/mol. The highest BCUT2D eigenvalue weighted by Crippen LogP contribution is 2.23. The van der Waals surface area contributed by atoms with Gasteiger partial charge in [-0.25, -0.2) is 0 Å². The fourth-order valence-corrected chi connectivity index (χ4v) is 2.05. The summed E-state index contributed by atoms with van der Waals surface area (Å²) in [6.07, 6.45) is -2.74. The minimum absolute atomic E-state index is 0.122. The third kappa shape index (κ3) is 5.15. The Morgan fingerprint density at radius 2 is 2.05 bits per heavy atom. The zero-order chi connectivity index (χ0) is 16.0. The van der Waals surface area contributed by atoms with E-state index in [1.54, 1.807) is 0 Å². The topological polar surface area (TPSA) is 166 Å². The zero-order valence-corrected chi connectivity index (χ0v) is 11.7. The number of nitrogens with two attached hydrogens (primary N) is 1. The molecule has 0 aromatic carbocycles. The largest absolute Gasteiger partial charge is 0.480 e. The maximum atomic E-state index is 10.5. The van der Waals surface area contributed by atoms with Crippen molar-refractivity contribution in [2.75, 3.05) is 19.7 Å². The molecule has 9 heteroatoms. The van der Waals surface area contributed by atoms with E-state index in [-0.39, 0.29) is 13.2 Å². The zero-order valence-electron chi connectivity index (χ0n) is 11.7. The second-order valence-corrected chi connectivity index (χ2v) is 5.28. The van der Waals surface area contributed by atoms with Gasteiger partial charge in [-0.15, -0.1) is 0 Å². The number of carboxylic acids is 1. The molecule has 124 valence electrons. The Bertz CT molecular complexity index is 344. The number of ether oxygens (including phenoxy) is 1. The summed E-state index contributed by atoms with van der Waals surface area (Å²) in [5.74, 6) is -3.00. The fourth-order valence-electron chi connectivity index (χ4n) is 2.05. The van der Waals surface area contributed by atoms with Gasteiger partial charge in [0.1, 0.15) is 24.4 Å². The van der Waals surface area contributed by atoms with Gasteiger partial charge in [0, 0.05) is 0 Å². The summed E-state index contributed by atoms with van der Waals surface area (Å²) < 4.78 is 4.97. The molecule has 9 nitrogen and oxygen atoms in total. The Balaban J connectivity index is 2.21. The van der Waals surface area contributed by atoms with Crippen LogP contribution in [-0.2, 0) is 9.53 Å². The van der Waals surface area contributed by atoms with Gasteiger partial charge in [-0.2, -0.15) is 0 Å². The van der Waals surface area contributed by atoms with Gasteiger partial charge in [0.2, 0.25) is 5.79 Å². The van der Waals surface area contributed by atoms with E-state index >= 15 is 0 Å². The molecule has 0 bridgehead atoms. The third-order valence-corrected chi connectivity index (χ3v) is 3.50. The van der Waals surface area contributed by atoms with E-state index in [0.29, 0.717) is 25.8 Å². The quantitative estimate of drug-likeness (QED) is 0.182. The minimum Gasteiger partial charge on any atom is -0.480 e. The van der Waals surface area contributed by atoms with Gasteiger partial charge in [-0.3, -0.25) is 4.79 Å². The number of aliphatic hydroxyl groups is 4. The van der Waals surface area contributed by atoms with Gasteiger partial charge in [0.05, 0.1) is 13.2 Å². The van der Waals surface area contributed by atoms with E-state index in [1.807, 2.05) is 0 Å². The Hall–Kier alpha value is -0.810. The van der Waals surface area contributed by atoms with Crippen LogP contribution in [0.4, 0.5) is 0 Å². The average Bonchev–Trinajstić information content (AvgIpc) is 2.44. The highest BCUT2D eigenvalue weighted by Gasteiger charge is 2.47. The molecule has 1 unspecified atom stereocenters. The van der Waals surface area contributed by atoms with Crippen LogP contribution in [0.5, 0.6) is 0 Å². The molecule has 0 aromatic rings. The van der Waals surface area contributed by atoms with Crippen LogP contribution in [0.1, 0.15) is 19.3 Å². The minimum atomic E-state index is -1.96. The maximum Gasteiger partial charge on any atom is 0.320 e. The molecule has 1 aliphatic rings. The van der Waals surface area contributed by atoms with Crippen molar-refractivity contribution in [1.82, 2.24) is 5.32 Å². The molecule has 1 fully saturated rings. The number of carboxylic acid groups (broad SMARTS) is 1. The lowest BCUT2D eigenvalue weighted by atomic mass is 10.1. The molecule has 0 saturated carbocycles. The molecule has 0 aromatic heterocycles. The predicted octanol–water partition coefficient (Wildman–Crippen LogP) is -3.04. The number of nitrogens with one attached hydrogen (secondary N) is 1. The van der Waals surface area contributed by atoms with E-state index in [2.05, 4.69) is 5.32 Å². The van der Waals surface area contributed by atoms with Crippen molar-refractivity contribution < 1.29 is 35.1 Å². The van der Waals surface area contributed by atoms with Crippen LogP contribution < -0.4 is 11.1 Å². The van der Waals surface area contributed by atoms with Crippen LogP contribution in [0, 0.1) is 0 Å². The molecule has 21 heavy (non-hydrogen) atoms. The summed E-state index contributed by atoms with van der Waals surface area (Å²) in [6.45, 7) is 0.0657. The van der Waals surface area contributed by atoms with Crippen LogP contribution in [0.25, 0.3) is 0 Å². The molecule has 8 N–H and O–H groups in total. The van der Waals surface area contributed by atoms with Gasteiger partial charge in [0.15, 0.2) is 0 Å². The average molecular weight is 313 g/mol. The summed E-state index contributed by atoms with van der Waals surface area (Å²) in [4.78, 5) is 10.5. The van der Waals surface area contributed by atoms with Gasteiger partial charge in [-0.05, 0) is 19.4 Å². The number of rotatable bonds is 8. The molecular weight excluding hydrogens is 289 g/mol. The van der Waals surface area contributed by atoms with Crippen LogP contribution in [0.15, 0.2) is 0 Å². The van der Waals surface area contributed by atoms with E-state index < -0.39 is 36.1 Å². The van der Waals surface area contributed by atoms with Crippen molar-refractivity contribution in [3.05, 3.63) is 0 Å². The first-order chi connectivity index (χ1) is 9.78. The highest BCUT2D eigenvalue weighted by molar-refractivity contribution is 5.72. The van der Waals surface area contributed by atoms with Crippen LogP contribution in [0.3, 0.4) is 0 Å². The summed E-state index contributed by atoms with van der Waals surface area (Å²) >= 11 is 0. The van der Waals surface area contributed by atoms with Crippen LogP contribution in [0.2, 0.25) is 0 Å². The SMILES string of the molecule is NC(CCCCNC[13C@@]1(O)O[13CH2][13C@@H](O)[13C@@H](O)[13C@H]1O)C(=O)O. The summed E-state index contributed by atoms with van der Waals surface area (Å²) in [5.41, 5.74) is 5.35. The fraction of sp³-hybridized carbons (Fsp3) is 0.917. The Kier molecular flexibility index (Phi) is 6.94. The number of aliphatic hydroxyl groups excluding tert-OH is 3. The smallest absolute Gasteiger partial charge is 0.320 e. The number of aliphatic carboxylic acids is 1. The standard InChI is InChI=1S/C12H24N2O7/c13-7(11(18)19)3-1-2-4-14-6-12(20)10(17)9(16)8(15)5-21-12/h7-10,14-17,20H,1-6,13H2,(H,18,19)/t7?,8-,9-,10-,12-/m1/s1/i5+1,8+1,9+1,10+1,12+1. The summed E-state index contributed by atoms with van der Waals surface area (Å²) in [7, 11) is 0. The van der Waals surface area contributed by atoms with Gasteiger partial charge < -0.3 is 41.3 Å². The van der Waals surface area contributed by atoms with Gasteiger partial charge in [0.25, 0.3) is 0 Å². The highest BCUT2D eigenvalue weighted by atomic mass is 16.8. The van der Waals surface area contributed by atoms with E-state index in [4.69, 9.17) is 15.6 Å². The molecule has 0 spiro atoms. The van der Waals surface area contributed by atoms with Gasteiger partial charge >= 0.3 is 5.97 Å². The molecule has 0 amide bonds. The van der Waals surface area contributed by atoms with Crippen molar-refractivity contribution in [2.45, 2.75) is 49.4 Å². The molecule has 1 rings (SSSR count). The maximum absolute atomic E-state index is 10.5. The number of hydrogen-bond donors (Lipinski definition) is 7. The molecule has 1 aliphatic heterocycles. The van der Waals surface area contributed by atoms with Gasteiger partial charge in [-0.1, -0.05) is 6.42 Å². The summed E-state index contributed by atoms with van der Waals surface area (Å²) in [5, 5.41) is 50.0. The second-order valence-electron chi connectivity index (χ2n) is 5.28. The van der Waals surface area contributed by atoms with Crippen LogP contribution in [-0.4, -0.2) is 81.3 Å². The molecule has 1 heterocycles. The normalized spacial score (nSPS) is 34.6. The number of hydrogen-bond acceptors (Lipinski definition) is 8. The third-order valence-electron chi connectivity index (χ3n) is 3.50. The lowest BCUT2D eigenvalue weighted by Crippen LogP contribution is -2.64. The molecule has 1 saturated heterocycles. The van der Waals surface area contributed by atoms with E-state index in [0.717, 1.165) is 0 Å².